The van der Waals surface area contributed by atoms with E-state index >= 15 is 0 Å². The summed E-state index contributed by atoms with van der Waals surface area (Å²) < 4.78 is 31.3. The third-order valence-electron chi connectivity index (χ3n) is 2.75. The van der Waals surface area contributed by atoms with E-state index in [1.807, 2.05) is 0 Å². The van der Waals surface area contributed by atoms with Crippen molar-refractivity contribution in [1.82, 2.24) is 0 Å². The molecule has 0 amide bonds. The lowest BCUT2D eigenvalue weighted by Gasteiger charge is -2.06. The Hall–Kier alpha value is -2.83. The highest BCUT2D eigenvalue weighted by Gasteiger charge is 2.18. The zero-order valence-electron chi connectivity index (χ0n) is 10.8. The second-order valence-corrected chi connectivity index (χ2v) is 4.20. The Labute approximate surface area is 117 Å². The van der Waals surface area contributed by atoms with Gasteiger partial charge in [-0.25, -0.2) is 13.6 Å². The minimum Gasteiger partial charge on any atom is -0.423 e. The SMILES string of the molecule is Cc1cc(OC(=O)c2cccc(F)c2F)ccc1[N+](=O)[O-]. The number of nitrogens with zero attached hydrogens (tertiary/aromatic N) is 1. The Morgan fingerprint density at radius 2 is 1.95 bits per heavy atom. The Bertz CT molecular complexity index is 731. The van der Waals surface area contributed by atoms with Crippen LogP contribution in [0.1, 0.15) is 15.9 Å². The number of rotatable bonds is 3. The summed E-state index contributed by atoms with van der Waals surface area (Å²) in [6.07, 6.45) is 0. The van der Waals surface area contributed by atoms with Gasteiger partial charge in [0.1, 0.15) is 5.75 Å². The van der Waals surface area contributed by atoms with Gasteiger partial charge in [0.2, 0.25) is 0 Å². The van der Waals surface area contributed by atoms with Gasteiger partial charge in [-0.2, -0.15) is 0 Å². The number of halogens is 2. The first kappa shape index (κ1) is 14.6. The standard InChI is InChI=1S/C14H9F2NO4/c1-8-7-9(5-6-12(8)17(19)20)21-14(18)10-3-2-4-11(15)13(10)16/h2-7H,1H3. The predicted molar refractivity (Wildman–Crippen MR) is 69.1 cm³/mol. The number of hydrogen-bond donors (Lipinski definition) is 0. The van der Waals surface area contributed by atoms with Crippen LogP contribution in [-0.4, -0.2) is 10.9 Å². The van der Waals surface area contributed by atoms with E-state index in [4.69, 9.17) is 4.74 Å². The number of carbonyl (C=O) groups is 1. The highest BCUT2D eigenvalue weighted by Crippen LogP contribution is 2.24. The van der Waals surface area contributed by atoms with Crippen LogP contribution in [0.5, 0.6) is 5.75 Å². The molecule has 0 saturated heterocycles. The fourth-order valence-electron chi connectivity index (χ4n) is 1.72. The van der Waals surface area contributed by atoms with Gasteiger partial charge in [0, 0.05) is 11.6 Å². The minimum absolute atomic E-state index is 0.00626. The highest BCUT2D eigenvalue weighted by atomic mass is 19.2. The van der Waals surface area contributed by atoms with Gasteiger partial charge in [-0.05, 0) is 31.2 Å². The van der Waals surface area contributed by atoms with Crippen LogP contribution in [0.15, 0.2) is 36.4 Å². The second kappa shape index (κ2) is 5.66. The van der Waals surface area contributed by atoms with Gasteiger partial charge >= 0.3 is 5.97 Å². The van der Waals surface area contributed by atoms with Crippen molar-refractivity contribution in [2.45, 2.75) is 6.92 Å². The molecule has 0 aliphatic rings. The molecule has 0 unspecified atom stereocenters. The maximum Gasteiger partial charge on any atom is 0.346 e. The van der Waals surface area contributed by atoms with E-state index in [2.05, 4.69) is 0 Å². The second-order valence-electron chi connectivity index (χ2n) is 4.20. The third kappa shape index (κ3) is 3.02. The first-order valence-electron chi connectivity index (χ1n) is 5.81. The van der Waals surface area contributed by atoms with Crippen LogP contribution >= 0.6 is 0 Å². The number of ether oxygens (including phenoxy) is 1. The monoisotopic (exact) mass is 293 g/mol. The van der Waals surface area contributed by atoms with E-state index in [-0.39, 0.29) is 17.0 Å². The lowest BCUT2D eigenvalue weighted by atomic mass is 10.2. The summed E-state index contributed by atoms with van der Waals surface area (Å²) in [5.41, 5.74) is -0.400. The summed E-state index contributed by atoms with van der Waals surface area (Å²) >= 11 is 0. The van der Waals surface area contributed by atoms with Gasteiger partial charge < -0.3 is 4.74 Å². The van der Waals surface area contributed by atoms with Gasteiger partial charge in [-0.1, -0.05) is 6.07 Å². The number of carbonyl (C=O) groups excluding carboxylic acids is 1. The number of nitro groups is 1. The van der Waals surface area contributed by atoms with Gasteiger partial charge in [0.25, 0.3) is 5.69 Å². The molecule has 0 N–H and O–H groups in total. The van der Waals surface area contributed by atoms with Crippen LogP contribution in [0.25, 0.3) is 0 Å². The molecule has 0 spiro atoms. The van der Waals surface area contributed by atoms with Crippen molar-refractivity contribution in [2.24, 2.45) is 0 Å². The normalized spacial score (nSPS) is 10.2. The number of aryl methyl sites for hydroxylation is 1. The molecule has 2 rings (SSSR count). The van der Waals surface area contributed by atoms with E-state index in [9.17, 15) is 23.7 Å². The molecule has 7 heteroatoms. The first-order chi connectivity index (χ1) is 9.90. The van der Waals surface area contributed by atoms with Gasteiger partial charge in [0.05, 0.1) is 10.5 Å². The molecule has 0 saturated carbocycles. The molecule has 0 radical (unpaired) electrons. The summed E-state index contributed by atoms with van der Waals surface area (Å²) in [6.45, 7) is 1.47. The molecule has 0 aliphatic heterocycles. The number of hydrogen-bond acceptors (Lipinski definition) is 4. The van der Waals surface area contributed by atoms with Crippen molar-refractivity contribution in [3.63, 3.8) is 0 Å². The van der Waals surface area contributed by atoms with E-state index < -0.39 is 28.1 Å². The summed E-state index contributed by atoms with van der Waals surface area (Å²) in [6, 6.07) is 6.78. The number of esters is 1. The van der Waals surface area contributed by atoms with Crippen molar-refractivity contribution in [3.8, 4) is 5.75 Å². The summed E-state index contributed by atoms with van der Waals surface area (Å²) in [5.74, 6) is -3.54. The zero-order valence-corrected chi connectivity index (χ0v) is 10.8. The average Bonchev–Trinajstić information content (AvgIpc) is 2.41. The van der Waals surface area contributed by atoms with Crippen LogP contribution in [0.2, 0.25) is 0 Å². The van der Waals surface area contributed by atoms with Gasteiger partial charge in [-0.3, -0.25) is 10.1 Å². The van der Waals surface area contributed by atoms with Crippen molar-refractivity contribution in [1.29, 1.82) is 0 Å². The summed E-state index contributed by atoms with van der Waals surface area (Å²) in [5, 5.41) is 10.7. The Kier molecular flexibility index (Phi) is 3.93. The molecule has 0 aromatic heterocycles. The molecule has 0 fully saturated rings. The van der Waals surface area contributed by atoms with Crippen LogP contribution in [0.3, 0.4) is 0 Å². The van der Waals surface area contributed by atoms with Crippen LogP contribution in [0.4, 0.5) is 14.5 Å². The highest BCUT2D eigenvalue weighted by molar-refractivity contribution is 5.91. The maximum absolute atomic E-state index is 13.4. The number of nitro benzene ring substituents is 1. The molecule has 0 heterocycles. The first-order valence-corrected chi connectivity index (χ1v) is 5.81. The summed E-state index contributed by atoms with van der Waals surface area (Å²) in [4.78, 5) is 21.8. The molecule has 0 bridgehead atoms. The van der Waals surface area contributed by atoms with Crippen molar-refractivity contribution in [2.75, 3.05) is 0 Å². The Morgan fingerprint density at radius 1 is 1.24 bits per heavy atom. The van der Waals surface area contributed by atoms with Crippen LogP contribution < -0.4 is 4.74 Å². The van der Waals surface area contributed by atoms with Gasteiger partial charge in [0.15, 0.2) is 11.6 Å². The van der Waals surface area contributed by atoms with E-state index in [0.717, 1.165) is 12.1 Å². The molecule has 108 valence electrons. The van der Waals surface area contributed by atoms with Gasteiger partial charge in [-0.15, -0.1) is 0 Å². The maximum atomic E-state index is 13.4. The molecule has 2 aromatic carbocycles. The molecular formula is C14H9F2NO4. The molecule has 0 aliphatic carbocycles. The molecule has 2 aromatic rings. The Morgan fingerprint density at radius 3 is 2.57 bits per heavy atom. The molecule has 21 heavy (non-hydrogen) atoms. The molecular weight excluding hydrogens is 284 g/mol. The van der Waals surface area contributed by atoms with E-state index in [0.29, 0.717) is 0 Å². The topological polar surface area (TPSA) is 69.4 Å². The van der Waals surface area contributed by atoms with Crippen LogP contribution in [0, 0.1) is 28.7 Å². The van der Waals surface area contributed by atoms with E-state index in [1.165, 1.54) is 31.2 Å². The molecule has 5 nitrogen and oxygen atoms in total. The van der Waals surface area contributed by atoms with Crippen molar-refractivity contribution < 1.29 is 23.2 Å². The zero-order chi connectivity index (χ0) is 15.6. The lowest BCUT2D eigenvalue weighted by Crippen LogP contribution is -2.11. The predicted octanol–water partition coefficient (Wildman–Crippen LogP) is 3.40. The Balaban J connectivity index is 2.26. The number of benzene rings is 2. The smallest absolute Gasteiger partial charge is 0.346 e. The van der Waals surface area contributed by atoms with Crippen molar-refractivity contribution in [3.05, 3.63) is 69.3 Å². The fraction of sp³-hybridized carbons (Fsp3) is 0.0714. The molecule has 0 atom stereocenters. The van der Waals surface area contributed by atoms with Crippen molar-refractivity contribution >= 4 is 11.7 Å². The van der Waals surface area contributed by atoms with E-state index in [1.54, 1.807) is 0 Å². The summed E-state index contributed by atoms with van der Waals surface area (Å²) in [7, 11) is 0. The minimum atomic E-state index is -1.30. The third-order valence-corrected chi connectivity index (χ3v) is 2.75. The average molecular weight is 293 g/mol. The quantitative estimate of drug-likeness (QED) is 0.376. The fourth-order valence-corrected chi connectivity index (χ4v) is 1.72. The van der Waals surface area contributed by atoms with Crippen LogP contribution in [-0.2, 0) is 0 Å². The largest absolute Gasteiger partial charge is 0.423 e. The lowest BCUT2D eigenvalue weighted by molar-refractivity contribution is -0.385.